The first-order valence-corrected chi connectivity index (χ1v) is 5.29. The summed E-state index contributed by atoms with van der Waals surface area (Å²) in [5.41, 5.74) is 7.35. The molecule has 1 rings (SSSR count). The summed E-state index contributed by atoms with van der Waals surface area (Å²) in [5.74, 6) is 0. The van der Waals surface area contributed by atoms with Crippen LogP contribution >= 0.6 is 0 Å². The minimum Gasteiger partial charge on any atom is -0.398 e. The number of aryl methyl sites for hydroxylation is 1. The summed E-state index contributed by atoms with van der Waals surface area (Å²) in [6.45, 7) is 3.65. The number of anilines is 1. The molecule has 0 atom stereocenters. The third-order valence-corrected chi connectivity index (χ3v) is 2.44. The molecule has 1 aromatic carbocycles. The van der Waals surface area contributed by atoms with E-state index in [1.165, 1.54) is 6.07 Å². The van der Waals surface area contributed by atoms with Crippen LogP contribution in [-0.2, 0) is 6.42 Å². The number of nitrogens with zero attached hydrogens (tertiary/aromatic N) is 1. The van der Waals surface area contributed by atoms with Gasteiger partial charge in [-0.2, -0.15) is 0 Å². The van der Waals surface area contributed by atoms with Crippen molar-refractivity contribution in [1.29, 1.82) is 0 Å². The number of allylic oxidation sites excluding steroid dienone is 1. The standard InChI is InChI=1S/C12H16N2O2/c1-2-3-4-5-6-10-9-11(14(15)16)7-8-12(10)13/h2,7-9H,1,3-6,13H2. The third kappa shape index (κ3) is 3.38. The van der Waals surface area contributed by atoms with Gasteiger partial charge >= 0.3 is 0 Å². The molecule has 0 spiro atoms. The monoisotopic (exact) mass is 220 g/mol. The molecule has 0 saturated carbocycles. The van der Waals surface area contributed by atoms with Crippen LogP contribution in [-0.4, -0.2) is 4.92 Å². The zero-order valence-corrected chi connectivity index (χ0v) is 9.19. The van der Waals surface area contributed by atoms with Gasteiger partial charge in [0.1, 0.15) is 0 Å². The summed E-state index contributed by atoms with van der Waals surface area (Å²) in [4.78, 5) is 10.2. The zero-order chi connectivity index (χ0) is 12.0. The highest BCUT2D eigenvalue weighted by Crippen LogP contribution is 2.21. The van der Waals surface area contributed by atoms with Crippen LogP contribution < -0.4 is 5.73 Å². The smallest absolute Gasteiger partial charge is 0.269 e. The van der Waals surface area contributed by atoms with E-state index in [9.17, 15) is 10.1 Å². The van der Waals surface area contributed by atoms with Crippen molar-refractivity contribution < 1.29 is 4.92 Å². The predicted octanol–water partition coefficient (Wildman–Crippen LogP) is 3.08. The Hall–Kier alpha value is -1.84. The van der Waals surface area contributed by atoms with Crippen molar-refractivity contribution in [3.63, 3.8) is 0 Å². The minimum absolute atomic E-state index is 0.105. The van der Waals surface area contributed by atoms with Crippen LogP contribution in [0.3, 0.4) is 0 Å². The largest absolute Gasteiger partial charge is 0.398 e. The van der Waals surface area contributed by atoms with Crippen molar-refractivity contribution in [2.75, 3.05) is 5.73 Å². The van der Waals surface area contributed by atoms with Gasteiger partial charge in [-0.3, -0.25) is 10.1 Å². The second kappa shape index (κ2) is 5.90. The quantitative estimate of drug-likeness (QED) is 0.263. The van der Waals surface area contributed by atoms with Crippen LogP contribution in [0.25, 0.3) is 0 Å². The second-order valence-electron chi connectivity index (χ2n) is 3.67. The molecule has 0 aromatic heterocycles. The fraction of sp³-hybridized carbons (Fsp3) is 0.333. The minimum atomic E-state index is -0.396. The summed E-state index contributed by atoms with van der Waals surface area (Å²) in [5, 5.41) is 10.6. The molecule has 0 saturated heterocycles. The molecule has 16 heavy (non-hydrogen) atoms. The molecule has 0 amide bonds. The van der Waals surface area contributed by atoms with Crippen molar-refractivity contribution >= 4 is 11.4 Å². The molecule has 0 radical (unpaired) electrons. The van der Waals surface area contributed by atoms with Crippen LogP contribution in [0, 0.1) is 10.1 Å². The summed E-state index contributed by atoms with van der Waals surface area (Å²) in [7, 11) is 0. The van der Waals surface area contributed by atoms with E-state index in [0.29, 0.717) is 5.69 Å². The Bertz CT molecular complexity index is 389. The van der Waals surface area contributed by atoms with E-state index in [1.807, 2.05) is 6.08 Å². The molecule has 86 valence electrons. The van der Waals surface area contributed by atoms with E-state index in [1.54, 1.807) is 12.1 Å². The number of non-ortho nitro benzene ring substituents is 1. The SMILES string of the molecule is C=CCCCCc1cc([N+](=O)[O-])ccc1N. The average Bonchev–Trinajstić information content (AvgIpc) is 2.26. The maximum absolute atomic E-state index is 10.6. The molecular weight excluding hydrogens is 204 g/mol. The summed E-state index contributed by atoms with van der Waals surface area (Å²) in [6.07, 6.45) is 5.62. The Morgan fingerprint density at radius 2 is 2.19 bits per heavy atom. The van der Waals surface area contributed by atoms with Gasteiger partial charge < -0.3 is 5.73 Å². The fourth-order valence-electron chi connectivity index (χ4n) is 1.53. The predicted molar refractivity (Wildman–Crippen MR) is 65.3 cm³/mol. The lowest BCUT2D eigenvalue weighted by molar-refractivity contribution is -0.384. The molecule has 0 fully saturated rings. The molecule has 0 aliphatic heterocycles. The maximum Gasteiger partial charge on any atom is 0.269 e. The molecule has 0 unspecified atom stereocenters. The number of unbranched alkanes of at least 4 members (excludes halogenated alkanes) is 2. The van der Waals surface area contributed by atoms with Gasteiger partial charge in [-0.15, -0.1) is 6.58 Å². The Morgan fingerprint density at radius 3 is 2.81 bits per heavy atom. The van der Waals surface area contributed by atoms with Gasteiger partial charge in [0.05, 0.1) is 4.92 Å². The molecule has 2 N–H and O–H groups in total. The molecule has 0 aliphatic carbocycles. The fourth-order valence-corrected chi connectivity index (χ4v) is 1.53. The Balaban J connectivity index is 2.66. The first kappa shape index (κ1) is 12.2. The maximum atomic E-state index is 10.6. The van der Waals surface area contributed by atoms with Crippen LogP contribution in [0.2, 0.25) is 0 Å². The highest BCUT2D eigenvalue weighted by molar-refractivity contribution is 5.52. The molecule has 0 aliphatic rings. The van der Waals surface area contributed by atoms with Gasteiger partial charge in [-0.05, 0) is 37.3 Å². The van der Waals surface area contributed by atoms with E-state index in [2.05, 4.69) is 6.58 Å². The Labute approximate surface area is 94.9 Å². The van der Waals surface area contributed by atoms with Gasteiger partial charge in [-0.1, -0.05) is 6.08 Å². The van der Waals surface area contributed by atoms with Crippen LogP contribution in [0.1, 0.15) is 24.8 Å². The normalized spacial score (nSPS) is 10.0. The number of benzene rings is 1. The summed E-state index contributed by atoms with van der Waals surface area (Å²) >= 11 is 0. The van der Waals surface area contributed by atoms with Crippen molar-refractivity contribution in [2.45, 2.75) is 25.7 Å². The lowest BCUT2D eigenvalue weighted by Crippen LogP contribution is -1.97. The summed E-state index contributed by atoms with van der Waals surface area (Å²) in [6, 6.07) is 4.59. The Kier molecular flexibility index (Phi) is 4.51. The van der Waals surface area contributed by atoms with Crippen molar-refractivity contribution in [2.24, 2.45) is 0 Å². The zero-order valence-electron chi connectivity index (χ0n) is 9.19. The van der Waals surface area contributed by atoms with Gasteiger partial charge in [0.15, 0.2) is 0 Å². The number of hydrogen-bond acceptors (Lipinski definition) is 3. The van der Waals surface area contributed by atoms with Crippen molar-refractivity contribution in [3.8, 4) is 0 Å². The third-order valence-electron chi connectivity index (χ3n) is 2.44. The van der Waals surface area contributed by atoms with Gasteiger partial charge in [0.25, 0.3) is 5.69 Å². The second-order valence-corrected chi connectivity index (χ2v) is 3.67. The Morgan fingerprint density at radius 1 is 1.44 bits per heavy atom. The first-order valence-electron chi connectivity index (χ1n) is 5.29. The molecule has 0 heterocycles. The number of nitrogen functional groups attached to an aromatic ring is 1. The van der Waals surface area contributed by atoms with Crippen molar-refractivity contribution in [1.82, 2.24) is 0 Å². The topological polar surface area (TPSA) is 69.2 Å². The highest BCUT2D eigenvalue weighted by atomic mass is 16.6. The number of nitrogens with two attached hydrogens (primary N) is 1. The first-order chi connectivity index (χ1) is 7.65. The van der Waals surface area contributed by atoms with Crippen molar-refractivity contribution in [3.05, 3.63) is 46.5 Å². The molecule has 0 bridgehead atoms. The molecule has 4 nitrogen and oxygen atoms in total. The van der Waals surface area contributed by atoms with E-state index in [4.69, 9.17) is 5.73 Å². The summed E-state index contributed by atoms with van der Waals surface area (Å²) < 4.78 is 0. The van der Waals surface area contributed by atoms with Gasteiger partial charge in [0, 0.05) is 17.8 Å². The highest BCUT2D eigenvalue weighted by Gasteiger charge is 2.08. The molecular formula is C12H16N2O2. The van der Waals surface area contributed by atoms with E-state index >= 15 is 0 Å². The van der Waals surface area contributed by atoms with Gasteiger partial charge in [-0.25, -0.2) is 0 Å². The molecule has 1 aromatic rings. The van der Waals surface area contributed by atoms with Crippen LogP contribution in [0.4, 0.5) is 11.4 Å². The van der Waals surface area contributed by atoms with E-state index in [0.717, 1.165) is 31.2 Å². The average molecular weight is 220 g/mol. The lowest BCUT2D eigenvalue weighted by Gasteiger charge is -2.04. The van der Waals surface area contributed by atoms with Crippen LogP contribution in [0.15, 0.2) is 30.9 Å². The van der Waals surface area contributed by atoms with E-state index < -0.39 is 4.92 Å². The van der Waals surface area contributed by atoms with Crippen LogP contribution in [0.5, 0.6) is 0 Å². The van der Waals surface area contributed by atoms with E-state index in [-0.39, 0.29) is 5.69 Å². The number of rotatable bonds is 6. The molecule has 4 heteroatoms. The number of nitro benzene ring substituents is 1. The lowest BCUT2D eigenvalue weighted by atomic mass is 10.0. The number of nitro groups is 1. The number of hydrogen-bond donors (Lipinski definition) is 1. The van der Waals surface area contributed by atoms with Gasteiger partial charge in [0.2, 0.25) is 0 Å².